The monoisotopic (exact) mass is 210 g/mol. The molecule has 88 valence electrons. The predicted octanol–water partition coefficient (Wildman–Crippen LogP) is 2.30. The van der Waals surface area contributed by atoms with Gasteiger partial charge in [0.25, 0.3) is 0 Å². The number of rotatable bonds is 4. The summed E-state index contributed by atoms with van der Waals surface area (Å²) in [5, 5.41) is 7.48. The summed E-state index contributed by atoms with van der Waals surface area (Å²) in [6.07, 6.45) is 8.18. The Bertz CT molecular complexity index is 197. The Morgan fingerprint density at radius 1 is 1.40 bits per heavy atom. The molecule has 2 nitrogen and oxygen atoms in total. The summed E-state index contributed by atoms with van der Waals surface area (Å²) >= 11 is 0. The van der Waals surface area contributed by atoms with Gasteiger partial charge >= 0.3 is 0 Å². The van der Waals surface area contributed by atoms with Crippen LogP contribution in [0.3, 0.4) is 0 Å². The molecule has 0 amide bonds. The van der Waals surface area contributed by atoms with Crippen LogP contribution in [0.1, 0.15) is 52.4 Å². The molecule has 2 N–H and O–H groups in total. The molecule has 0 spiro atoms. The first kappa shape index (κ1) is 11.4. The molecule has 3 atom stereocenters. The summed E-state index contributed by atoms with van der Waals surface area (Å²) in [4.78, 5) is 0. The van der Waals surface area contributed by atoms with Crippen LogP contribution in [-0.2, 0) is 0 Å². The van der Waals surface area contributed by atoms with Crippen molar-refractivity contribution in [3.63, 3.8) is 0 Å². The van der Waals surface area contributed by atoms with E-state index in [0.29, 0.717) is 5.54 Å². The molecular weight excluding hydrogens is 184 g/mol. The minimum atomic E-state index is 0.422. The maximum Gasteiger partial charge on any atom is 0.0304 e. The van der Waals surface area contributed by atoms with Crippen LogP contribution in [0.4, 0.5) is 0 Å². The minimum Gasteiger partial charge on any atom is -0.312 e. The lowest BCUT2D eigenvalue weighted by Gasteiger charge is -2.30. The zero-order chi connectivity index (χ0) is 10.7. The van der Waals surface area contributed by atoms with Crippen molar-refractivity contribution in [2.45, 2.75) is 64.0 Å². The summed E-state index contributed by atoms with van der Waals surface area (Å²) in [5.41, 5.74) is 0.422. The molecule has 15 heavy (non-hydrogen) atoms. The van der Waals surface area contributed by atoms with Crippen molar-refractivity contribution in [3.8, 4) is 0 Å². The van der Waals surface area contributed by atoms with E-state index in [1.807, 2.05) is 0 Å². The number of hydrogen-bond acceptors (Lipinski definition) is 2. The van der Waals surface area contributed by atoms with E-state index in [9.17, 15) is 0 Å². The summed E-state index contributed by atoms with van der Waals surface area (Å²) in [6.45, 7) is 7.10. The fraction of sp³-hybridized carbons (Fsp3) is 1.00. The van der Waals surface area contributed by atoms with Crippen LogP contribution in [-0.4, -0.2) is 24.7 Å². The Hall–Kier alpha value is -0.0800. The van der Waals surface area contributed by atoms with Gasteiger partial charge in [-0.2, -0.15) is 0 Å². The van der Waals surface area contributed by atoms with Crippen molar-refractivity contribution in [1.29, 1.82) is 0 Å². The molecule has 0 aromatic heterocycles. The summed E-state index contributed by atoms with van der Waals surface area (Å²) in [7, 11) is 0. The van der Waals surface area contributed by atoms with Gasteiger partial charge in [0, 0.05) is 18.1 Å². The van der Waals surface area contributed by atoms with E-state index < -0.39 is 0 Å². The van der Waals surface area contributed by atoms with Crippen LogP contribution in [0.15, 0.2) is 0 Å². The molecule has 2 heteroatoms. The van der Waals surface area contributed by atoms with Crippen LogP contribution in [0.5, 0.6) is 0 Å². The topological polar surface area (TPSA) is 24.1 Å². The predicted molar refractivity (Wildman–Crippen MR) is 65.1 cm³/mol. The van der Waals surface area contributed by atoms with Gasteiger partial charge in [0.1, 0.15) is 0 Å². The lowest BCUT2D eigenvalue weighted by atomic mass is 9.94. The molecule has 1 heterocycles. The van der Waals surface area contributed by atoms with E-state index >= 15 is 0 Å². The summed E-state index contributed by atoms with van der Waals surface area (Å²) in [6, 6.07) is 0.797. The fourth-order valence-corrected chi connectivity index (χ4v) is 3.18. The SMILES string of the molecule is CCC1(CNC2CCC(C)C2)CCCN1. The molecule has 0 radical (unpaired) electrons. The largest absolute Gasteiger partial charge is 0.312 e. The molecule has 3 unspecified atom stereocenters. The fourth-order valence-electron chi connectivity index (χ4n) is 3.18. The van der Waals surface area contributed by atoms with Gasteiger partial charge in [-0.05, 0) is 51.0 Å². The van der Waals surface area contributed by atoms with Crippen LogP contribution >= 0.6 is 0 Å². The molecule has 0 aromatic carbocycles. The van der Waals surface area contributed by atoms with Gasteiger partial charge < -0.3 is 10.6 Å². The van der Waals surface area contributed by atoms with Crippen molar-refractivity contribution in [1.82, 2.24) is 10.6 Å². The Morgan fingerprint density at radius 2 is 2.27 bits per heavy atom. The van der Waals surface area contributed by atoms with Gasteiger partial charge in [-0.1, -0.05) is 13.8 Å². The van der Waals surface area contributed by atoms with Crippen molar-refractivity contribution in [2.75, 3.05) is 13.1 Å². The van der Waals surface area contributed by atoms with Gasteiger partial charge in [-0.3, -0.25) is 0 Å². The van der Waals surface area contributed by atoms with Crippen LogP contribution < -0.4 is 10.6 Å². The molecule has 0 bridgehead atoms. The maximum atomic E-state index is 3.78. The smallest absolute Gasteiger partial charge is 0.0304 e. The van der Waals surface area contributed by atoms with E-state index in [4.69, 9.17) is 0 Å². The van der Waals surface area contributed by atoms with Crippen LogP contribution in [0.25, 0.3) is 0 Å². The molecule has 0 aromatic rings. The first-order valence-corrected chi connectivity index (χ1v) is 6.72. The van der Waals surface area contributed by atoms with Crippen LogP contribution in [0.2, 0.25) is 0 Å². The molecule has 1 aliphatic heterocycles. The van der Waals surface area contributed by atoms with Crippen molar-refractivity contribution in [2.24, 2.45) is 5.92 Å². The average Bonchev–Trinajstić information content (AvgIpc) is 2.85. The third kappa shape index (κ3) is 2.73. The second-order valence-electron chi connectivity index (χ2n) is 5.66. The summed E-state index contributed by atoms with van der Waals surface area (Å²) in [5.74, 6) is 0.941. The maximum absolute atomic E-state index is 3.78. The number of nitrogens with one attached hydrogen (secondary N) is 2. The highest BCUT2D eigenvalue weighted by Crippen LogP contribution is 2.27. The molecular formula is C13H26N2. The van der Waals surface area contributed by atoms with Crippen molar-refractivity contribution >= 4 is 0 Å². The van der Waals surface area contributed by atoms with Gasteiger partial charge in [-0.15, -0.1) is 0 Å². The van der Waals surface area contributed by atoms with E-state index in [0.717, 1.165) is 12.0 Å². The third-order valence-electron chi connectivity index (χ3n) is 4.43. The lowest BCUT2D eigenvalue weighted by molar-refractivity contribution is 0.320. The second kappa shape index (κ2) is 4.84. The lowest BCUT2D eigenvalue weighted by Crippen LogP contribution is -2.49. The second-order valence-corrected chi connectivity index (χ2v) is 5.66. The first-order valence-electron chi connectivity index (χ1n) is 6.72. The highest BCUT2D eigenvalue weighted by atomic mass is 15.1. The Balaban J connectivity index is 1.76. The van der Waals surface area contributed by atoms with Crippen LogP contribution in [0, 0.1) is 5.92 Å². The third-order valence-corrected chi connectivity index (χ3v) is 4.43. The van der Waals surface area contributed by atoms with E-state index in [1.165, 1.54) is 51.6 Å². The number of hydrogen-bond donors (Lipinski definition) is 2. The summed E-state index contributed by atoms with van der Waals surface area (Å²) < 4.78 is 0. The van der Waals surface area contributed by atoms with E-state index in [1.54, 1.807) is 0 Å². The Morgan fingerprint density at radius 3 is 2.80 bits per heavy atom. The van der Waals surface area contributed by atoms with E-state index in [-0.39, 0.29) is 0 Å². The van der Waals surface area contributed by atoms with Gasteiger partial charge in [-0.25, -0.2) is 0 Å². The molecule has 1 saturated carbocycles. The molecule has 2 rings (SSSR count). The first-order chi connectivity index (χ1) is 7.24. The van der Waals surface area contributed by atoms with Crippen molar-refractivity contribution < 1.29 is 0 Å². The average molecular weight is 210 g/mol. The van der Waals surface area contributed by atoms with Gasteiger partial charge in [0.05, 0.1) is 0 Å². The minimum absolute atomic E-state index is 0.422. The normalized spacial score (nSPS) is 41.2. The van der Waals surface area contributed by atoms with E-state index in [2.05, 4.69) is 24.5 Å². The van der Waals surface area contributed by atoms with Gasteiger partial charge in [0.2, 0.25) is 0 Å². The highest BCUT2D eigenvalue weighted by Gasteiger charge is 2.32. The standard InChI is InChI=1S/C13H26N2/c1-3-13(7-4-8-15-13)10-14-12-6-5-11(2)9-12/h11-12,14-15H,3-10H2,1-2H3. The molecule has 2 aliphatic rings. The molecule has 2 fully saturated rings. The molecule has 1 aliphatic carbocycles. The zero-order valence-electron chi connectivity index (χ0n) is 10.3. The van der Waals surface area contributed by atoms with Crippen molar-refractivity contribution in [3.05, 3.63) is 0 Å². The Kier molecular flexibility index (Phi) is 3.68. The van der Waals surface area contributed by atoms with Gasteiger partial charge in [0.15, 0.2) is 0 Å². The zero-order valence-corrected chi connectivity index (χ0v) is 10.3. The molecule has 1 saturated heterocycles. The highest BCUT2D eigenvalue weighted by molar-refractivity contribution is 4.95. The quantitative estimate of drug-likeness (QED) is 0.744. The Labute approximate surface area is 94.2 Å².